The molecule has 0 saturated heterocycles. The average Bonchev–Trinajstić information content (AvgIpc) is 2.34. The van der Waals surface area contributed by atoms with E-state index in [-0.39, 0.29) is 0 Å². The van der Waals surface area contributed by atoms with Gasteiger partial charge in [-0.25, -0.2) is 0 Å². The van der Waals surface area contributed by atoms with Gasteiger partial charge in [-0.15, -0.1) is 0 Å². The maximum atomic E-state index is 5.72. The van der Waals surface area contributed by atoms with Gasteiger partial charge in [0.05, 0.1) is 0 Å². The molecule has 0 spiro atoms. The topological polar surface area (TPSA) is 26.0 Å². The first-order valence-corrected chi connectivity index (χ1v) is 6.65. The van der Waals surface area contributed by atoms with Crippen LogP contribution in [0.1, 0.15) is 56.6 Å². The summed E-state index contributed by atoms with van der Waals surface area (Å²) in [6.45, 7) is 2.93. The number of unbranched alkanes of at least 4 members (excludes halogenated alkanes) is 5. The van der Waals surface area contributed by atoms with Crippen molar-refractivity contribution in [2.45, 2.75) is 58.4 Å². The molecule has 0 fully saturated rings. The Morgan fingerprint density at radius 1 is 0.875 bits per heavy atom. The van der Waals surface area contributed by atoms with E-state index in [0.29, 0.717) is 6.54 Å². The molecule has 0 aliphatic heterocycles. The molecule has 1 aromatic rings. The van der Waals surface area contributed by atoms with Gasteiger partial charge in [0.15, 0.2) is 0 Å². The second-order valence-electron chi connectivity index (χ2n) is 4.49. The maximum absolute atomic E-state index is 5.72. The maximum Gasteiger partial charge on any atom is 0.0180 e. The van der Waals surface area contributed by atoms with Crippen molar-refractivity contribution in [2.75, 3.05) is 0 Å². The molecule has 1 nitrogen and oxygen atoms in total. The molecule has 0 saturated carbocycles. The van der Waals surface area contributed by atoms with Crippen molar-refractivity contribution in [3.8, 4) is 0 Å². The fourth-order valence-corrected chi connectivity index (χ4v) is 2.10. The van der Waals surface area contributed by atoms with Gasteiger partial charge in [-0.2, -0.15) is 0 Å². The lowest BCUT2D eigenvalue weighted by molar-refractivity contribution is 0.606. The SMILES string of the molecule is CCCCCCCCc1ccccc1CN. The molecule has 0 heterocycles. The molecule has 1 heteroatoms. The van der Waals surface area contributed by atoms with E-state index in [4.69, 9.17) is 5.73 Å². The van der Waals surface area contributed by atoms with Gasteiger partial charge in [-0.05, 0) is 24.0 Å². The van der Waals surface area contributed by atoms with E-state index in [1.165, 1.54) is 56.1 Å². The smallest absolute Gasteiger partial charge is 0.0180 e. The molecule has 0 aliphatic rings. The predicted molar refractivity (Wildman–Crippen MR) is 71.4 cm³/mol. The second-order valence-corrected chi connectivity index (χ2v) is 4.49. The first kappa shape index (κ1) is 13.2. The summed E-state index contributed by atoms with van der Waals surface area (Å²) in [5, 5.41) is 0. The third-order valence-corrected chi connectivity index (χ3v) is 3.14. The van der Waals surface area contributed by atoms with E-state index in [1.807, 2.05) is 0 Å². The lowest BCUT2D eigenvalue weighted by atomic mass is 10.0. The predicted octanol–water partition coefficient (Wildman–Crippen LogP) is 4.05. The monoisotopic (exact) mass is 219 g/mol. The minimum atomic E-state index is 0.673. The zero-order valence-electron chi connectivity index (χ0n) is 10.5. The largest absolute Gasteiger partial charge is 0.326 e. The number of nitrogens with two attached hydrogens (primary N) is 1. The normalized spacial score (nSPS) is 10.6. The van der Waals surface area contributed by atoms with E-state index < -0.39 is 0 Å². The Balaban J connectivity index is 2.21. The summed E-state index contributed by atoms with van der Waals surface area (Å²) in [7, 11) is 0. The van der Waals surface area contributed by atoms with Crippen LogP contribution < -0.4 is 5.73 Å². The highest BCUT2D eigenvalue weighted by Gasteiger charge is 1.99. The molecule has 1 aromatic carbocycles. The van der Waals surface area contributed by atoms with Crippen LogP contribution in [0.5, 0.6) is 0 Å². The van der Waals surface area contributed by atoms with E-state index in [1.54, 1.807) is 0 Å². The first-order chi connectivity index (χ1) is 7.88. The third-order valence-electron chi connectivity index (χ3n) is 3.14. The van der Waals surface area contributed by atoms with E-state index >= 15 is 0 Å². The van der Waals surface area contributed by atoms with Crippen molar-refractivity contribution >= 4 is 0 Å². The van der Waals surface area contributed by atoms with Gasteiger partial charge in [0.2, 0.25) is 0 Å². The minimum absolute atomic E-state index is 0.673. The van der Waals surface area contributed by atoms with Crippen molar-refractivity contribution in [1.29, 1.82) is 0 Å². The molecule has 90 valence electrons. The van der Waals surface area contributed by atoms with Crippen LogP contribution in [-0.4, -0.2) is 0 Å². The number of benzene rings is 1. The molecule has 0 aliphatic carbocycles. The van der Waals surface area contributed by atoms with Crippen LogP contribution in [0.2, 0.25) is 0 Å². The van der Waals surface area contributed by atoms with Crippen molar-refractivity contribution in [3.63, 3.8) is 0 Å². The molecule has 2 N–H and O–H groups in total. The van der Waals surface area contributed by atoms with Gasteiger partial charge in [0, 0.05) is 6.54 Å². The Hall–Kier alpha value is -0.820. The van der Waals surface area contributed by atoms with Crippen LogP contribution in [-0.2, 0) is 13.0 Å². The van der Waals surface area contributed by atoms with Crippen LogP contribution in [0.15, 0.2) is 24.3 Å². The van der Waals surface area contributed by atoms with Crippen molar-refractivity contribution in [3.05, 3.63) is 35.4 Å². The highest BCUT2D eigenvalue weighted by atomic mass is 14.5. The number of hydrogen-bond acceptors (Lipinski definition) is 1. The Morgan fingerprint density at radius 3 is 2.19 bits per heavy atom. The van der Waals surface area contributed by atoms with Gasteiger partial charge >= 0.3 is 0 Å². The highest BCUT2D eigenvalue weighted by molar-refractivity contribution is 5.26. The summed E-state index contributed by atoms with van der Waals surface area (Å²) in [5.74, 6) is 0. The zero-order chi connectivity index (χ0) is 11.6. The summed E-state index contributed by atoms with van der Waals surface area (Å²) < 4.78 is 0. The van der Waals surface area contributed by atoms with Gasteiger partial charge < -0.3 is 5.73 Å². The Labute approximate surface area is 100 Å². The quantitative estimate of drug-likeness (QED) is 0.656. The van der Waals surface area contributed by atoms with Crippen molar-refractivity contribution < 1.29 is 0 Å². The van der Waals surface area contributed by atoms with E-state index in [0.717, 1.165) is 0 Å². The van der Waals surface area contributed by atoms with Crippen molar-refractivity contribution in [1.82, 2.24) is 0 Å². The summed E-state index contributed by atoms with van der Waals surface area (Å²) >= 11 is 0. The van der Waals surface area contributed by atoms with Crippen LogP contribution in [0.25, 0.3) is 0 Å². The molecule has 0 atom stereocenters. The fraction of sp³-hybridized carbons (Fsp3) is 0.600. The summed E-state index contributed by atoms with van der Waals surface area (Å²) in [4.78, 5) is 0. The molecule has 0 aromatic heterocycles. The van der Waals surface area contributed by atoms with Gasteiger partial charge in [0.1, 0.15) is 0 Å². The average molecular weight is 219 g/mol. The lowest BCUT2D eigenvalue weighted by Gasteiger charge is -2.07. The third kappa shape index (κ3) is 4.80. The standard InChI is InChI=1S/C15H25N/c1-2-3-4-5-6-7-10-14-11-8-9-12-15(14)13-16/h8-9,11-12H,2-7,10,13,16H2,1H3. The molecular weight excluding hydrogens is 194 g/mol. The van der Waals surface area contributed by atoms with Crippen LogP contribution in [0, 0.1) is 0 Å². The molecule has 0 unspecified atom stereocenters. The number of rotatable bonds is 8. The Morgan fingerprint density at radius 2 is 1.50 bits per heavy atom. The van der Waals surface area contributed by atoms with Crippen LogP contribution in [0.4, 0.5) is 0 Å². The van der Waals surface area contributed by atoms with Crippen molar-refractivity contribution in [2.24, 2.45) is 5.73 Å². The van der Waals surface area contributed by atoms with E-state index in [2.05, 4.69) is 31.2 Å². The van der Waals surface area contributed by atoms with Gasteiger partial charge in [-0.1, -0.05) is 63.3 Å². The molecule has 1 rings (SSSR count). The molecule has 0 bridgehead atoms. The molecule has 16 heavy (non-hydrogen) atoms. The number of aryl methyl sites for hydroxylation is 1. The first-order valence-electron chi connectivity index (χ1n) is 6.65. The second kappa shape index (κ2) is 8.35. The summed E-state index contributed by atoms with van der Waals surface area (Å²) in [6.07, 6.45) is 9.36. The molecule has 0 amide bonds. The lowest BCUT2D eigenvalue weighted by Crippen LogP contribution is -2.01. The van der Waals surface area contributed by atoms with E-state index in [9.17, 15) is 0 Å². The van der Waals surface area contributed by atoms with Crippen LogP contribution >= 0.6 is 0 Å². The molecular formula is C15H25N. The van der Waals surface area contributed by atoms with Crippen LogP contribution in [0.3, 0.4) is 0 Å². The highest BCUT2D eigenvalue weighted by Crippen LogP contribution is 2.13. The Bertz CT molecular complexity index is 281. The zero-order valence-corrected chi connectivity index (χ0v) is 10.5. The molecule has 0 radical (unpaired) electrons. The fourth-order valence-electron chi connectivity index (χ4n) is 2.10. The summed E-state index contributed by atoms with van der Waals surface area (Å²) in [6, 6.07) is 8.55. The van der Waals surface area contributed by atoms with Gasteiger partial charge in [0.25, 0.3) is 0 Å². The minimum Gasteiger partial charge on any atom is -0.326 e. The number of hydrogen-bond donors (Lipinski definition) is 1. The Kier molecular flexibility index (Phi) is 6.91. The van der Waals surface area contributed by atoms with Gasteiger partial charge in [-0.3, -0.25) is 0 Å². The summed E-state index contributed by atoms with van der Waals surface area (Å²) in [5.41, 5.74) is 8.48.